The lowest BCUT2D eigenvalue weighted by Gasteiger charge is -2.24. The minimum Gasteiger partial charge on any atom is -0.355 e. The third-order valence-corrected chi connectivity index (χ3v) is 3.21. The summed E-state index contributed by atoms with van der Waals surface area (Å²) in [6, 6.07) is 0.236. The molecular weight excluding hydrogens is 254 g/mol. The van der Waals surface area contributed by atoms with E-state index in [1.54, 1.807) is 0 Å². The van der Waals surface area contributed by atoms with Gasteiger partial charge in [-0.05, 0) is 13.3 Å². The fourth-order valence-corrected chi connectivity index (χ4v) is 2.25. The van der Waals surface area contributed by atoms with Crippen molar-refractivity contribution in [3.63, 3.8) is 0 Å². The highest BCUT2D eigenvalue weighted by molar-refractivity contribution is 5.89. The highest BCUT2D eigenvalue weighted by Crippen LogP contribution is 2.22. The molecule has 0 aromatic heterocycles. The number of likely N-dealkylation sites (tertiary alicyclic amines) is 1. The van der Waals surface area contributed by atoms with Crippen molar-refractivity contribution in [3.05, 3.63) is 0 Å². The van der Waals surface area contributed by atoms with Crippen molar-refractivity contribution in [2.75, 3.05) is 19.6 Å². The Kier molecular flexibility index (Phi) is 7.95. The fraction of sp³-hybridized carbons (Fsp3) is 0.833. The Balaban J connectivity index is 0.00000289. The zero-order valence-corrected chi connectivity index (χ0v) is 12.0. The molecule has 0 bridgehead atoms. The number of carbonyl (C=O) groups excluding carboxylic acids is 2. The van der Waals surface area contributed by atoms with Crippen LogP contribution in [0.5, 0.6) is 0 Å². The number of nitrogens with two attached hydrogens (primary N) is 1. The summed E-state index contributed by atoms with van der Waals surface area (Å²) in [4.78, 5) is 25.4. The molecule has 2 atom stereocenters. The molecule has 18 heavy (non-hydrogen) atoms. The maximum atomic E-state index is 11.8. The number of amides is 2. The van der Waals surface area contributed by atoms with Gasteiger partial charge in [-0.25, -0.2) is 0 Å². The van der Waals surface area contributed by atoms with Gasteiger partial charge in [-0.3, -0.25) is 9.59 Å². The summed E-state index contributed by atoms with van der Waals surface area (Å²) in [7, 11) is 0. The van der Waals surface area contributed by atoms with Crippen LogP contribution < -0.4 is 11.1 Å². The second kappa shape index (κ2) is 8.32. The molecule has 6 heteroatoms. The average Bonchev–Trinajstić information content (AvgIpc) is 2.68. The standard InChI is InChI=1S/C12H23N3O2.ClH/c1-3-4-9(2)15-8-10(7-11(15)16)12(17)14-6-5-13;/h9-10H,3-8,13H2,1-2H3,(H,14,17);1H. The van der Waals surface area contributed by atoms with Gasteiger partial charge in [0.05, 0.1) is 5.92 Å². The molecular formula is C12H24ClN3O2. The molecule has 0 spiro atoms. The zero-order valence-electron chi connectivity index (χ0n) is 11.1. The predicted octanol–water partition coefficient (Wildman–Crippen LogP) is 0.520. The van der Waals surface area contributed by atoms with Gasteiger partial charge in [0.2, 0.25) is 11.8 Å². The smallest absolute Gasteiger partial charge is 0.225 e. The van der Waals surface area contributed by atoms with Gasteiger partial charge in [0.25, 0.3) is 0 Å². The minimum absolute atomic E-state index is 0. The lowest BCUT2D eigenvalue weighted by molar-refractivity contribution is -0.130. The topological polar surface area (TPSA) is 75.4 Å². The van der Waals surface area contributed by atoms with E-state index in [1.165, 1.54) is 0 Å². The molecule has 106 valence electrons. The van der Waals surface area contributed by atoms with Crippen LogP contribution >= 0.6 is 12.4 Å². The Morgan fingerprint density at radius 2 is 2.28 bits per heavy atom. The first-order chi connectivity index (χ1) is 8.10. The van der Waals surface area contributed by atoms with E-state index >= 15 is 0 Å². The molecule has 1 rings (SSSR count). The van der Waals surface area contributed by atoms with Crippen LogP contribution in [0.2, 0.25) is 0 Å². The first-order valence-electron chi connectivity index (χ1n) is 6.37. The van der Waals surface area contributed by atoms with Gasteiger partial charge in [0.1, 0.15) is 0 Å². The molecule has 1 aliphatic heterocycles. The average molecular weight is 278 g/mol. The van der Waals surface area contributed by atoms with Crippen molar-refractivity contribution < 1.29 is 9.59 Å². The number of hydrogen-bond acceptors (Lipinski definition) is 3. The molecule has 1 aliphatic rings. The maximum absolute atomic E-state index is 11.8. The lowest BCUT2D eigenvalue weighted by atomic mass is 10.1. The summed E-state index contributed by atoms with van der Waals surface area (Å²) >= 11 is 0. The summed E-state index contributed by atoms with van der Waals surface area (Å²) in [6.07, 6.45) is 2.38. The summed E-state index contributed by atoms with van der Waals surface area (Å²) in [5.41, 5.74) is 5.33. The Bertz CT molecular complexity index is 284. The van der Waals surface area contributed by atoms with Crippen molar-refractivity contribution >= 4 is 24.2 Å². The maximum Gasteiger partial charge on any atom is 0.225 e. The van der Waals surface area contributed by atoms with E-state index in [1.807, 2.05) is 11.8 Å². The third kappa shape index (κ3) is 4.46. The van der Waals surface area contributed by atoms with Crippen LogP contribution in [-0.4, -0.2) is 42.4 Å². The second-order valence-electron chi connectivity index (χ2n) is 4.66. The van der Waals surface area contributed by atoms with Gasteiger partial charge in [-0.2, -0.15) is 0 Å². The minimum atomic E-state index is -0.201. The Morgan fingerprint density at radius 1 is 1.61 bits per heavy atom. The summed E-state index contributed by atoms with van der Waals surface area (Å²) < 4.78 is 0. The summed E-state index contributed by atoms with van der Waals surface area (Å²) in [5, 5.41) is 2.74. The van der Waals surface area contributed by atoms with Gasteiger partial charge in [-0.15, -0.1) is 12.4 Å². The van der Waals surface area contributed by atoms with Crippen LogP contribution in [0, 0.1) is 5.92 Å². The molecule has 3 N–H and O–H groups in total. The van der Waals surface area contributed by atoms with Crippen LogP contribution in [0.1, 0.15) is 33.1 Å². The predicted molar refractivity (Wildman–Crippen MR) is 73.5 cm³/mol. The first kappa shape index (κ1) is 17.2. The number of carbonyl (C=O) groups is 2. The molecule has 1 heterocycles. The van der Waals surface area contributed by atoms with Crippen LogP contribution in [0.4, 0.5) is 0 Å². The monoisotopic (exact) mass is 277 g/mol. The van der Waals surface area contributed by atoms with Gasteiger partial charge in [0, 0.05) is 32.1 Å². The SMILES string of the molecule is CCCC(C)N1CC(C(=O)NCCN)CC1=O.Cl. The molecule has 1 fully saturated rings. The highest BCUT2D eigenvalue weighted by atomic mass is 35.5. The Morgan fingerprint density at radius 3 is 2.83 bits per heavy atom. The van der Waals surface area contributed by atoms with Crippen molar-refractivity contribution in [2.24, 2.45) is 11.7 Å². The van der Waals surface area contributed by atoms with Crippen LogP contribution in [0.3, 0.4) is 0 Å². The molecule has 0 aliphatic carbocycles. The summed E-state index contributed by atoms with van der Waals surface area (Å²) in [5.74, 6) is -0.151. The van der Waals surface area contributed by atoms with Crippen molar-refractivity contribution in [1.82, 2.24) is 10.2 Å². The van der Waals surface area contributed by atoms with E-state index in [2.05, 4.69) is 12.2 Å². The van der Waals surface area contributed by atoms with E-state index in [4.69, 9.17) is 5.73 Å². The van der Waals surface area contributed by atoms with Crippen LogP contribution in [0.15, 0.2) is 0 Å². The largest absolute Gasteiger partial charge is 0.355 e. The van der Waals surface area contributed by atoms with E-state index in [0.29, 0.717) is 26.1 Å². The lowest BCUT2D eigenvalue weighted by Crippen LogP contribution is -2.38. The van der Waals surface area contributed by atoms with E-state index in [0.717, 1.165) is 12.8 Å². The molecule has 2 unspecified atom stereocenters. The molecule has 0 saturated carbocycles. The Hall–Kier alpha value is -0.810. The van der Waals surface area contributed by atoms with Crippen molar-refractivity contribution in [1.29, 1.82) is 0 Å². The number of nitrogens with one attached hydrogen (secondary N) is 1. The fourth-order valence-electron chi connectivity index (χ4n) is 2.25. The van der Waals surface area contributed by atoms with E-state index in [-0.39, 0.29) is 36.2 Å². The third-order valence-electron chi connectivity index (χ3n) is 3.21. The van der Waals surface area contributed by atoms with Gasteiger partial charge in [0.15, 0.2) is 0 Å². The quantitative estimate of drug-likeness (QED) is 0.743. The van der Waals surface area contributed by atoms with Crippen LogP contribution in [0.25, 0.3) is 0 Å². The Labute approximate surface area is 115 Å². The second-order valence-corrected chi connectivity index (χ2v) is 4.66. The van der Waals surface area contributed by atoms with E-state index < -0.39 is 0 Å². The zero-order chi connectivity index (χ0) is 12.8. The summed E-state index contributed by atoms with van der Waals surface area (Å²) in [6.45, 7) is 5.61. The molecule has 5 nitrogen and oxygen atoms in total. The number of nitrogens with zero attached hydrogens (tertiary/aromatic N) is 1. The van der Waals surface area contributed by atoms with E-state index in [9.17, 15) is 9.59 Å². The van der Waals surface area contributed by atoms with Gasteiger partial charge in [-0.1, -0.05) is 13.3 Å². The number of hydrogen-bond donors (Lipinski definition) is 2. The van der Waals surface area contributed by atoms with Crippen LogP contribution in [-0.2, 0) is 9.59 Å². The van der Waals surface area contributed by atoms with Crippen molar-refractivity contribution in [2.45, 2.75) is 39.2 Å². The first-order valence-corrected chi connectivity index (χ1v) is 6.37. The molecule has 1 saturated heterocycles. The molecule has 0 radical (unpaired) electrons. The van der Waals surface area contributed by atoms with Crippen molar-refractivity contribution in [3.8, 4) is 0 Å². The number of halogens is 1. The van der Waals surface area contributed by atoms with Gasteiger partial charge < -0.3 is 16.0 Å². The molecule has 2 amide bonds. The molecule has 0 aromatic carbocycles. The number of rotatable bonds is 6. The molecule has 0 aromatic rings. The normalized spacial score (nSPS) is 20.5. The van der Waals surface area contributed by atoms with Gasteiger partial charge >= 0.3 is 0 Å². The highest BCUT2D eigenvalue weighted by Gasteiger charge is 2.35.